The molecular formula is C10H17Cl2P. The number of rotatable bonds is 3. The fraction of sp³-hybridized carbons (Fsp3) is 0.400. The van der Waals surface area contributed by atoms with Crippen LogP contribution < -0.4 is 5.30 Å². The summed E-state index contributed by atoms with van der Waals surface area (Å²) in [6, 6.07) is 8.55. The highest BCUT2D eigenvalue weighted by molar-refractivity contribution is 7.27. The summed E-state index contributed by atoms with van der Waals surface area (Å²) in [6.07, 6.45) is 3.79. The lowest BCUT2D eigenvalue weighted by molar-refractivity contribution is 0.798. The molecule has 0 nitrogen and oxygen atoms in total. The van der Waals surface area contributed by atoms with Crippen molar-refractivity contribution in [2.45, 2.75) is 26.2 Å². The zero-order valence-corrected chi connectivity index (χ0v) is 10.6. The van der Waals surface area contributed by atoms with E-state index in [0.29, 0.717) is 0 Å². The number of halogens is 2. The van der Waals surface area contributed by atoms with Gasteiger partial charge in [-0.2, -0.15) is 0 Å². The summed E-state index contributed by atoms with van der Waals surface area (Å²) in [5.41, 5.74) is 1.47. The molecule has 0 heterocycles. The van der Waals surface area contributed by atoms with Crippen LogP contribution >= 0.6 is 34.1 Å². The van der Waals surface area contributed by atoms with E-state index < -0.39 is 0 Å². The summed E-state index contributed by atoms with van der Waals surface area (Å²) in [4.78, 5) is 0. The van der Waals surface area contributed by atoms with Gasteiger partial charge in [-0.3, -0.25) is 0 Å². The minimum Gasteiger partial charge on any atom is -0.147 e. The Morgan fingerprint density at radius 2 is 1.77 bits per heavy atom. The third-order valence-corrected chi connectivity index (χ3v) is 2.42. The number of hydrogen-bond acceptors (Lipinski definition) is 0. The van der Waals surface area contributed by atoms with Crippen molar-refractivity contribution in [2.75, 3.05) is 0 Å². The lowest BCUT2D eigenvalue weighted by atomic mass is 10.1. The van der Waals surface area contributed by atoms with Gasteiger partial charge in [-0.15, -0.1) is 34.1 Å². The van der Waals surface area contributed by atoms with Gasteiger partial charge in [0.25, 0.3) is 0 Å². The fourth-order valence-electron chi connectivity index (χ4n) is 1.13. The summed E-state index contributed by atoms with van der Waals surface area (Å²) in [5.74, 6) is 0. The van der Waals surface area contributed by atoms with Crippen LogP contribution in [-0.4, -0.2) is 0 Å². The van der Waals surface area contributed by atoms with Crippen molar-refractivity contribution < 1.29 is 0 Å². The fourth-order valence-corrected chi connectivity index (χ4v) is 1.48. The predicted molar refractivity (Wildman–Crippen MR) is 68.9 cm³/mol. The second-order valence-corrected chi connectivity index (χ2v) is 3.42. The van der Waals surface area contributed by atoms with Gasteiger partial charge in [0.2, 0.25) is 0 Å². The molecule has 0 bridgehead atoms. The SMILES string of the molecule is CCCCc1ccccc1P.Cl.Cl. The van der Waals surface area contributed by atoms with Gasteiger partial charge in [-0.25, -0.2) is 0 Å². The van der Waals surface area contributed by atoms with E-state index in [0.717, 1.165) is 0 Å². The van der Waals surface area contributed by atoms with Crippen molar-refractivity contribution >= 4 is 39.4 Å². The molecule has 0 N–H and O–H groups in total. The normalized spacial score (nSPS) is 8.46. The molecule has 0 aliphatic rings. The first-order chi connectivity index (χ1) is 5.34. The van der Waals surface area contributed by atoms with Crippen molar-refractivity contribution in [1.29, 1.82) is 0 Å². The summed E-state index contributed by atoms with van der Waals surface area (Å²) < 4.78 is 0. The third kappa shape index (κ3) is 5.52. The Bertz CT molecular complexity index is 226. The molecule has 0 saturated carbocycles. The second-order valence-electron chi connectivity index (χ2n) is 2.80. The van der Waals surface area contributed by atoms with Gasteiger partial charge in [0.1, 0.15) is 0 Å². The van der Waals surface area contributed by atoms with Crippen LogP contribution in [0.1, 0.15) is 25.3 Å². The van der Waals surface area contributed by atoms with Gasteiger partial charge >= 0.3 is 0 Å². The highest BCUT2D eigenvalue weighted by Gasteiger charge is 1.94. The van der Waals surface area contributed by atoms with Crippen molar-refractivity contribution in [2.24, 2.45) is 0 Å². The number of hydrogen-bond donors (Lipinski definition) is 0. The van der Waals surface area contributed by atoms with Gasteiger partial charge in [0.05, 0.1) is 0 Å². The molecule has 1 atom stereocenters. The number of benzene rings is 1. The Labute approximate surface area is 95.5 Å². The highest BCUT2D eigenvalue weighted by atomic mass is 35.5. The van der Waals surface area contributed by atoms with E-state index in [1.165, 1.54) is 30.1 Å². The Kier molecular flexibility index (Phi) is 10.6. The molecule has 1 aromatic carbocycles. The molecule has 0 aliphatic carbocycles. The van der Waals surface area contributed by atoms with Crippen molar-refractivity contribution in [3.8, 4) is 0 Å². The van der Waals surface area contributed by atoms with E-state index in [1.54, 1.807) is 0 Å². The molecule has 13 heavy (non-hydrogen) atoms. The molecule has 76 valence electrons. The molecule has 0 spiro atoms. The molecule has 1 rings (SSSR count). The van der Waals surface area contributed by atoms with Crippen molar-refractivity contribution in [3.63, 3.8) is 0 Å². The number of aryl methyl sites for hydroxylation is 1. The Morgan fingerprint density at radius 1 is 1.15 bits per heavy atom. The number of unbranched alkanes of at least 4 members (excludes halogenated alkanes) is 1. The summed E-state index contributed by atoms with van der Waals surface area (Å²) in [7, 11) is 2.78. The molecule has 0 radical (unpaired) electrons. The zero-order valence-electron chi connectivity index (χ0n) is 7.82. The summed E-state index contributed by atoms with van der Waals surface area (Å²) in [6.45, 7) is 2.23. The van der Waals surface area contributed by atoms with Crippen molar-refractivity contribution in [1.82, 2.24) is 0 Å². The zero-order chi connectivity index (χ0) is 8.10. The monoisotopic (exact) mass is 238 g/mol. The molecular weight excluding hydrogens is 222 g/mol. The van der Waals surface area contributed by atoms with Crippen LogP contribution in [0.25, 0.3) is 0 Å². The van der Waals surface area contributed by atoms with Crippen LogP contribution in [0.4, 0.5) is 0 Å². The van der Waals surface area contributed by atoms with E-state index in [-0.39, 0.29) is 24.8 Å². The summed E-state index contributed by atoms with van der Waals surface area (Å²) >= 11 is 0. The van der Waals surface area contributed by atoms with Crippen LogP contribution in [0.3, 0.4) is 0 Å². The standard InChI is InChI=1S/C10H15P.2ClH/c1-2-3-6-9-7-4-5-8-10(9)11;;/h4-5,7-8H,2-3,6,11H2,1H3;2*1H. The molecule has 0 fully saturated rings. The van der Waals surface area contributed by atoms with Gasteiger partial charge in [0.15, 0.2) is 0 Å². The minimum absolute atomic E-state index is 0. The van der Waals surface area contributed by atoms with Gasteiger partial charge in [-0.1, -0.05) is 37.6 Å². The molecule has 1 unspecified atom stereocenters. The molecule has 1 aromatic rings. The van der Waals surface area contributed by atoms with Crippen LogP contribution in [0.5, 0.6) is 0 Å². The Morgan fingerprint density at radius 3 is 2.31 bits per heavy atom. The topological polar surface area (TPSA) is 0 Å². The van der Waals surface area contributed by atoms with Gasteiger partial charge < -0.3 is 0 Å². The molecule has 0 aromatic heterocycles. The van der Waals surface area contributed by atoms with E-state index in [1.807, 2.05) is 0 Å². The van der Waals surface area contributed by atoms with E-state index in [4.69, 9.17) is 0 Å². The average Bonchev–Trinajstić information content (AvgIpc) is 2.03. The maximum absolute atomic E-state index is 2.78. The average molecular weight is 239 g/mol. The first kappa shape index (κ1) is 15.7. The van der Waals surface area contributed by atoms with E-state index in [2.05, 4.69) is 40.4 Å². The quantitative estimate of drug-likeness (QED) is 0.709. The first-order valence-electron chi connectivity index (χ1n) is 4.18. The first-order valence-corrected chi connectivity index (χ1v) is 4.75. The van der Waals surface area contributed by atoms with Crippen molar-refractivity contribution in [3.05, 3.63) is 29.8 Å². The van der Waals surface area contributed by atoms with E-state index in [9.17, 15) is 0 Å². The molecule has 0 aliphatic heterocycles. The molecule has 0 amide bonds. The van der Waals surface area contributed by atoms with Crippen LogP contribution in [-0.2, 0) is 6.42 Å². The van der Waals surface area contributed by atoms with Crippen LogP contribution in [0.2, 0.25) is 0 Å². The lowest BCUT2D eigenvalue weighted by Crippen LogP contribution is -1.99. The molecule has 0 saturated heterocycles. The maximum Gasteiger partial charge on any atom is -0.0271 e. The minimum atomic E-state index is 0. The highest BCUT2D eigenvalue weighted by Crippen LogP contribution is 2.04. The predicted octanol–water partition coefficient (Wildman–Crippen LogP) is 3.37. The lowest BCUT2D eigenvalue weighted by Gasteiger charge is -2.02. The van der Waals surface area contributed by atoms with Gasteiger partial charge in [0, 0.05) is 0 Å². The Hall–Kier alpha value is 0.230. The van der Waals surface area contributed by atoms with E-state index >= 15 is 0 Å². The Balaban J connectivity index is 0. The second kappa shape index (κ2) is 8.81. The smallest absolute Gasteiger partial charge is 0.0271 e. The van der Waals surface area contributed by atoms with Crippen LogP contribution in [0, 0.1) is 0 Å². The molecule has 3 heteroatoms. The maximum atomic E-state index is 2.78. The summed E-state index contributed by atoms with van der Waals surface area (Å²) in [5, 5.41) is 1.35. The largest absolute Gasteiger partial charge is 0.147 e. The van der Waals surface area contributed by atoms with Gasteiger partial charge in [-0.05, 0) is 23.7 Å². The third-order valence-electron chi connectivity index (χ3n) is 1.85. The van der Waals surface area contributed by atoms with Crippen LogP contribution in [0.15, 0.2) is 24.3 Å².